The molecule has 0 aromatic heterocycles. The maximum atomic E-state index is 12.9. The van der Waals surface area contributed by atoms with Crippen LogP contribution in [0.2, 0.25) is 0 Å². The average molecular weight is 344 g/mol. The molecule has 2 rings (SSSR count). The van der Waals surface area contributed by atoms with Crippen molar-refractivity contribution in [2.75, 3.05) is 7.11 Å². The molecule has 8 heteroatoms. The molecule has 0 aliphatic rings. The number of hydrogen-bond acceptors (Lipinski definition) is 5. The Hall–Kier alpha value is -3.78. The Labute approximate surface area is 141 Å². The molecule has 0 atom stereocenters. The molecule has 126 valence electrons. The number of nitriles is 2. The van der Waals surface area contributed by atoms with Gasteiger partial charge in [-0.1, -0.05) is 0 Å². The summed E-state index contributed by atoms with van der Waals surface area (Å²) in [4.78, 5) is 21.2. The Morgan fingerprint density at radius 3 is 1.76 bits per heavy atom. The van der Waals surface area contributed by atoms with Crippen LogP contribution in [-0.2, 0) is 4.74 Å². The van der Waals surface area contributed by atoms with Gasteiger partial charge in [0.2, 0.25) is 0 Å². The van der Waals surface area contributed by atoms with Crippen LogP contribution in [0.15, 0.2) is 36.4 Å². The minimum absolute atomic E-state index is 0.0901. The normalized spacial score (nSPS) is 9.00. The van der Waals surface area contributed by atoms with Gasteiger partial charge in [0.15, 0.2) is 0 Å². The molecule has 0 radical (unpaired) electrons. The van der Waals surface area contributed by atoms with Gasteiger partial charge in [-0.05, 0) is 36.4 Å². The molecule has 6 nitrogen and oxygen atoms in total. The molecule has 0 aliphatic heterocycles. The molecule has 0 amide bonds. The molecule has 2 aromatic rings. The van der Waals surface area contributed by atoms with Crippen LogP contribution in [0.5, 0.6) is 0 Å². The van der Waals surface area contributed by atoms with E-state index in [1.165, 1.54) is 25.3 Å². The predicted octanol–water partition coefficient (Wildman–Crippen LogP) is 2.88. The van der Waals surface area contributed by atoms with Crippen LogP contribution < -0.4 is 0 Å². The standard InChI is InChI=1S/C9H6FNO2.C8H4FNO2/c1-13-9(12)6-2-3-7(5-11)8(10)4-6;9-7-3-5(8(11)12)1-2-6(7)4-10/h2-4H,1H3;1-3H,(H,11,12). The lowest BCUT2D eigenvalue weighted by molar-refractivity contribution is 0.0599. The summed E-state index contributed by atoms with van der Waals surface area (Å²) in [5.41, 5.74) is -0.307. The molecule has 0 aliphatic carbocycles. The summed E-state index contributed by atoms with van der Waals surface area (Å²) in [6.45, 7) is 0. The Balaban J connectivity index is 0.000000251. The number of halogens is 2. The van der Waals surface area contributed by atoms with E-state index < -0.39 is 23.6 Å². The van der Waals surface area contributed by atoms with E-state index in [0.717, 1.165) is 18.2 Å². The zero-order valence-electron chi connectivity index (χ0n) is 12.8. The van der Waals surface area contributed by atoms with Gasteiger partial charge in [-0.25, -0.2) is 18.4 Å². The molecule has 0 heterocycles. The number of esters is 1. The van der Waals surface area contributed by atoms with Crippen LogP contribution in [0.3, 0.4) is 0 Å². The van der Waals surface area contributed by atoms with E-state index in [9.17, 15) is 18.4 Å². The fourth-order valence-corrected chi connectivity index (χ4v) is 1.59. The number of carboxylic acids is 1. The second-order valence-corrected chi connectivity index (χ2v) is 4.41. The summed E-state index contributed by atoms with van der Waals surface area (Å²) in [6, 6.07) is 9.94. The smallest absolute Gasteiger partial charge is 0.337 e. The van der Waals surface area contributed by atoms with Gasteiger partial charge < -0.3 is 9.84 Å². The Kier molecular flexibility index (Phi) is 6.74. The van der Waals surface area contributed by atoms with Gasteiger partial charge in [-0.2, -0.15) is 10.5 Å². The number of benzene rings is 2. The predicted molar refractivity (Wildman–Crippen MR) is 80.5 cm³/mol. The van der Waals surface area contributed by atoms with Crippen molar-refractivity contribution in [1.82, 2.24) is 0 Å². The zero-order valence-corrected chi connectivity index (χ0v) is 12.8. The third-order valence-corrected chi connectivity index (χ3v) is 2.85. The maximum absolute atomic E-state index is 12.9. The van der Waals surface area contributed by atoms with E-state index in [1.807, 2.05) is 0 Å². The fourth-order valence-electron chi connectivity index (χ4n) is 1.59. The van der Waals surface area contributed by atoms with Crippen molar-refractivity contribution in [1.29, 1.82) is 10.5 Å². The number of ether oxygens (including phenoxy) is 1. The number of carbonyl (C=O) groups is 2. The van der Waals surface area contributed by atoms with Gasteiger partial charge in [0, 0.05) is 0 Å². The lowest BCUT2D eigenvalue weighted by atomic mass is 10.1. The largest absolute Gasteiger partial charge is 0.478 e. The van der Waals surface area contributed by atoms with Crippen LogP contribution in [0.25, 0.3) is 0 Å². The molecule has 0 unspecified atom stereocenters. The van der Waals surface area contributed by atoms with Crippen LogP contribution in [0.4, 0.5) is 8.78 Å². The van der Waals surface area contributed by atoms with Gasteiger partial charge in [-0.3, -0.25) is 0 Å². The van der Waals surface area contributed by atoms with Crippen molar-refractivity contribution in [3.63, 3.8) is 0 Å². The van der Waals surface area contributed by atoms with E-state index in [4.69, 9.17) is 15.6 Å². The lowest BCUT2D eigenvalue weighted by Crippen LogP contribution is -2.01. The van der Waals surface area contributed by atoms with Gasteiger partial charge >= 0.3 is 11.9 Å². The third kappa shape index (κ3) is 5.12. The molecule has 0 bridgehead atoms. The average Bonchev–Trinajstić information content (AvgIpc) is 2.61. The van der Waals surface area contributed by atoms with Crippen LogP contribution >= 0.6 is 0 Å². The van der Waals surface area contributed by atoms with Crippen molar-refractivity contribution in [3.8, 4) is 12.1 Å². The van der Waals surface area contributed by atoms with Crippen LogP contribution in [-0.4, -0.2) is 24.2 Å². The number of nitrogens with zero attached hydrogens (tertiary/aromatic N) is 2. The molecule has 2 aromatic carbocycles. The quantitative estimate of drug-likeness (QED) is 0.839. The van der Waals surface area contributed by atoms with Gasteiger partial charge in [0.05, 0.1) is 29.4 Å². The first-order chi connectivity index (χ1) is 11.8. The summed E-state index contributed by atoms with van der Waals surface area (Å²) in [7, 11) is 1.21. The second-order valence-electron chi connectivity index (χ2n) is 4.41. The van der Waals surface area contributed by atoms with Gasteiger partial charge in [0.1, 0.15) is 23.8 Å². The summed E-state index contributed by atoms with van der Waals surface area (Å²) in [5, 5.41) is 25.1. The number of rotatable bonds is 2. The minimum atomic E-state index is -1.21. The third-order valence-electron chi connectivity index (χ3n) is 2.85. The van der Waals surface area contributed by atoms with E-state index in [0.29, 0.717) is 0 Å². The highest BCUT2D eigenvalue weighted by molar-refractivity contribution is 5.89. The van der Waals surface area contributed by atoms with Crippen molar-refractivity contribution >= 4 is 11.9 Å². The summed E-state index contributed by atoms with van der Waals surface area (Å²) in [5.74, 6) is -3.36. The monoisotopic (exact) mass is 344 g/mol. The molecule has 0 saturated carbocycles. The van der Waals surface area contributed by atoms with Crippen molar-refractivity contribution in [3.05, 3.63) is 70.3 Å². The van der Waals surface area contributed by atoms with E-state index in [2.05, 4.69) is 4.74 Å². The highest BCUT2D eigenvalue weighted by Crippen LogP contribution is 2.10. The van der Waals surface area contributed by atoms with E-state index >= 15 is 0 Å². The number of carboxylic acid groups (broad SMARTS) is 1. The Morgan fingerprint density at radius 2 is 1.40 bits per heavy atom. The number of methoxy groups -OCH3 is 1. The first-order valence-corrected chi connectivity index (χ1v) is 6.55. The zero-order chi connectivity index (χ0) is 19.0. The minimum Gasteiger partial charge on any atom is -0.478 e. The second kappa shape index (κ2) is 8.75. The van der Waals surface area contributed by atoms with Gasteiger partial charge in [0.25, 0.3) is 0 Å². The highest BCUT2D eigenvalue weighted by atomic mass is 19.1. The molecular formula is C17H10F2N2O4. The van der Waals surface area contributed by atoms with Crippen molar-refractivity contribution in [2.45, 2.75) is 0 Å². The van der Waals surface area contributed by atoms with Crippen molar-refractivity contribution in [2.24, 2.45) is 0 Å². The molecule has 1 N–H and O–H groups in total. The molecular weight excluding hydrogens is 334 g/mol. The molecule has 0 fully saturated rings. The molecule has 0 saturated heterocycles. The Bertz CT molecular complexity index is 898. The summed E-state index contributed by atoms with van der Waals surface area (Å²) >= 11 is 0. The summed E-state index contributed by atoms with van der Waals surface area (Å²) < 4.78 is 30.0. The van der Waals surface area contributed by atoms with Crippen LogP contribution in [0, 0.1) is 34.3 Å². The number of aromatic carboxylic acids is 1. The SMILES string of the molecule is COC(=O)c1ccc(C#N)c(F)c1.N#Cc1ccc(C(=O)O)cc1F. The first kappa shape index (κ1) is 19.3. The molecule has 0 spiro atoms. The van der Waals surface area contributed by atoms with Crippen LogP contribution in [0.1, 0.15) is 31.8 Å². The first-order valence-electron chi connectivity index (χ1n) is 6.55. The highest BCUT2D eigenvalue weighted by Gasteiger charge is 2.09. The number of carbonyl (C=O) groups excluding carboxylic acids is 1. The van der Waals surface area contributed by atoms with E-state index in [-0.39, 0.29) is 22.3 Å². The molecule has 25 heavy (non-hydrogen) atoms. The maximum Gasteiger partial charge on any atom is 0.337 e. The summed E-state index contributed by atoms with van der Waals surface area (Å²) in [6.07, 6.45) is 0. The lowest BCUT2D eigenvalue weighted by Gasteiger charge is -1.99. The fraction of sp³-hybridized carbons (Fsp3) is 0.0588. The van der Waals surface area contributed by atoms with E-state index in [1.54, 1.807) is 12.1 Å². The Morgan fingerprint density at radius 1 is 0.960 bits per heavy atom. The number of hydrogen-bond donors (Lipinski definition) is 1. The topological polar surface area (TPSA) is 111 Å². The van der Waals surface area contributed by atoms with Gasteiger partial charge in [-0.15, -0.1) is 0 Å². The van der Waals surface area contributed by atoms with Crippen molar-refractivity contribution < 1.29 is 28.2 Å².